The molecule has 152 valence electrons. The fourth-order valence-electron chi connectivity index (χ4n) is 3.43. The van der Waals surface area contributed by atoms with Crippen molar-refractivity contribution in [1.29, 1.82) is 0 Å². The standard InChI is InChI=1S/C20H25NO6S/c1-14(2)12-19(23)26-16-8-10-20(11-9-18(22)27-20)21(13-16)28(24,25)17-6-4-15(3)5-7-17/h4-7,9,11,14,16H,8,10,12-13H2,1-3H3/t16-,20+/m0/s1. The zero-order valence-corrected chi connectivity index (χ0v) is 17.1. The number of ether oxygens (including phenoxy) is 2. The summed E-state index contributed by atoms with van der Waals surface area (Å²) >= 11 is 0. The minimum absolute atomic E-state index is 0.0718. The van der Waals surface area contributed by atoms with Gasteiger partial charge in [-0.1, -0.05) is 31.5 Å². The van der Waals surface area contributed by atoms with Crippen LogP contribution in [0.3, 0.4) is 0 Å². The van der Waals surface area contributed by atoms with E-state index in [1.165, 1.54) is 24.3 Å². The SMILES string of the molecule is Cc1ccc(S(=O)(=O)N2C[C@@H](OC(=O)CC(C)C)CC[C@@]23C=CC(=O)O3)cc1. The van der Waals surface area contributed by atoms with Gasteiger partial charge in [-0.2, -0.15) is 0 Å². The van der Waals surface area contributed by atoms with Crippen LogP contribution < -0.4 is 0 Å². The molecule has 2 heterocycles. The maximum atomic E-state index is 13.3. The molecule has 0 radical (unpaired) electrons. The van der Waals surface area contributed by atoms with E-state index in [0.29, 0.717) is 6.42 Å². The van der Waals surface area contributed by atoms with Crippen molar-refractivity contribution in [3.8, 4) is 0 Å². The first-order valence-corrected chi connectivity index (χ1v) is 10.8. The van der Waals surface area contributed by atoms with E-state index in [0.717, 1.165) is 9.87 Å². The van der Waals surface area contributed by atoms with Gasteiger partial charge in [-0.3, -0.25) is 4.79 Å². The minimum Gasteiger partial charge on any atom is -0.461 e. The molecule has 0 bridgehead atoms. The molecule has 2 aliphatic rings. The number of carbonyl (C=O) groups excluding carboxylic acids is 2. The number of hydrogen-bond donors (Lipinski definition) is 0. The molecular weight excluding hydrogens is 382 g/mol. The fraction of sp³-hybridized carbons (Fsp3) is 0.500. The molecule has 1 aromatic rings. The van der Waals surface area contributed by atoms with Crippen molar-refractivity contribution < 1.29 is 27.5 Å². The fourth-order valence-corrected chi connectivity index (χ4v) is 5.13. The van der Waals surface area contributed by atoms with Crippen molar-refractivity contribution in [2.45, 2.75) is 56.8 Å². The van der Waals surface area contributed by atoms with Crippen molar-refractivity contribution in [3.63, 3.8) is 0 Å². The summed E-state index contributed by atoms with van der Waals surface area (Å²) in [5.41, 5.74) is -0.443. The van der Waals surface area contributed by atoms with Gasteiger partial charge in [0.15, 0.2) is 5.72 Å². The van der Waals surface area contributed by atoms with Crippen LogP contribution in [0.4, 0.5) is 0 Å². The zero-order valence-electron chi connectivity index (χ0n) is 16.3. The van der Waals surface area contributed by atoms with Crippen LogP contribution in [-0.2, 0) is 29.1 Å². The Labute approximate surface area is 165 Å². The van der Waals surface area contributed by atoms with E-state index >= 15 is 0 Å². The van der Waals surface area contributed by atoms with Gasteiger partial charge in [0.2, 0.25) is 10.0 Å². The molecule has 0 N–H and O–H groups in total. The third-order valence-corrected chi connectivity index (χ3v) is 6.76. The minimum atomic E-state index is -3.97. The van der Waals surface area contributed by atoms with Gasteiger partial charge in [0, 0.05) is 18.9 Å². The molecule has 1 aromatic carbocycles. The number of nitrogens with zero attached hydrogens (tertiary/aromatic N) is 1. The van der Waals surface area contributed by atoms with E-state index in [4.69, 9.17) is 9.47 Å². The summed E-state index contributed by atoms with van der Waals surface area (Å²) in [5, 5.41) is 0. The van der Waals surface area contributed by atoms with E-state index in [9.17, 15) is 18.0 Å². The van der Waals surface area contributed by atoms with Crippen molar-refractivity contribution in [2.24, 2.45) is 5.92 Å². The number of esters is 2. The lowest BCUT2D eigenvalue weighted by Crippen LogP contribution is -2.58. The highest BCUT2D eigenvalue weighted by Crippen LogP contribution is 2.39. The van der Waals surface area contributed by atoms with Gasteiger partial charge in [-0.05, 0) is 37.5 Å². The van der Waals surface area contributed by atoms with Crippen molar-refractivity contribution >= 4 is 22.0 Å². The van der Waals surface area contributed by atoms with Gasteiger partial charge >= 0.3 is 11.9 Å². The molecule has 8 heteroatoms. The Hall–Kier alpha value is -2.19. The molecule has 28 heavy (non-hydrogen) atoms. The molecule has 0 amide bonds. The van der Waals surface area contributed by atoms with Crippen LogP contribution in [0.2, 0.25) is 0 Å². The Kier molecular flexibility index (Phi) is 5.63. The van der Waals surface area contributed by atoms with E-state index < -0.39 is 27.8 Å². The molecule has 7 nitrogen and oxygen atoms in total. The lowest BCUT2D eigenvalue weighted by molar-refractivity contribution is -0.171. The quantitative estimate of drug-likeness (QED) is 0.697. The van der Waals surface area contributed by atoms with Crippen molar-refractivity contribution in [1.82, 2.24) is 4.31 Å². The molecule has 0 aromatic heterocycles. The average Bonchev–Trinajstić information content (AvgIpc) is 2.97. The summed E-state index contributed by atoms with van der Waals surface area (Å²) in [6, 6.07) is 6.46. The Morgan fingerprint density at radius 3 is 2.57 bits per heavy atom. The first-order valence-electron chi connectivity index (χ1n) is 9.33. The summed E-state index contributed by atoms with van der Waals surface area (Å²) in [5.74, 6) is -0.796. The summed E-state index contributed by atoms with van der Waals surface area (Å²) in [4.78, 5) is 23.9. The number of sulfonamides is 1. The topological polar surface area (TPSA) is 90.0 Å². The van der Waals surface area contributed by atoms with Crippen LogP contribution in [0, 0.1) is 12.8 Å². The number of hydrogen-bond acceptors (Lipinski definition) is 6. The number of rotatable bonds is 5. The summed E-state index contributed by atoms with van der Waals surface area (Å²) in [6.07, 6.45) is 3.02. The molecule has 1 spiro atoms. The summed E-state index contributed by atoms with van der Waals surface area (Å²) in [7, 11) is -3.97. The van der Waals surface area contributed by atoms with Crippen LogP contribution in [-0.4, -0.2) is 43.0 Å². The highest BCUT2D eigenvalue weighted by Gasteiger charge is 2.52. The van der Waals surface area contributed by atoms with E-state index in [1.54, 1.807) is 12.1 Å². The van der Waals surface area contributed by atoms with Crippen molar-refractivity contribution in [3.05, 3.63) is 42.0 Å². The Morgan fingerprint density at radius 2 is 2.00 bits per heavy atom. The second-order valence-corrected chi connectivity index (χ2v) is 9.56. The Balaban J connectivity index is 1.90. The maximum Gasteiger partial charge on any atom is 0.332 e. The lowest BCUT2D eigenvalue weighted by Gasteiger charge is -2.43. The van der Waals surface area contributed by atoms with Gasteiger partial charge in [0.05, 0.1) is 11.4 Å². The van der Waals surface area contributed by atoms with E-state index in [2.05, 4.69) is 0 Å². The third-order valence-electron chi connectivity index (χ3n) is 4.86. The highest BCUT2D eigenvalue weighted by atomic mass is 32.2. The molecule has 0 saturated carbocycles. The normalized spacial score (nSPS) is 25.3. The van der Waals surface area contributed by atoms with E-state index in [-0.39, 0.29) is 36.2 Å². The number of aryl methyl sites for hydroxylation is 1. The number of benzene rings is 1. The summed E-state index contributed by atoms with van der Waals surface area (Å²) < 4.78 is 38.7. The average molecular weight is 407 g/mol. The molecular formula is C20H25NO6S. The molecule has 3 rings (SSSR count). The lowest BCUT2D eigenvalue weighted by atomic mass is 9.99. The monoisotopic (exact) mass is 407 g/mol. The van der Waals surface area contributed by atoms with Crippen LogP contribution in [0.5, 0.6) is 0 Å². The molecule has 0 unspecified atom stereocenters. The Morgan fingerprint density at radius 1 is 1.32 bits per heavy atom. The van der Waals surface area contributed by atoms with Crippen LogP contribution in [0.15, 0.2) is 41.3 Å². The first kappa shape index (κ1) is 20.5. The highest BCUT2D eigenvalue weighted by molar-refractivity contribution is 7.89. The molecule has 1 fully saturated rings. The number of carbonyl (C=O) groups is 2. The van der Waals surface area contributed by atoms with Crippen LogP contribution in [0.1, 0.15) is 38.7 Å². The largest absolute Gasteiger partial charge is 0.461 e. The van der Waals surface area contributed by atoms with Crippen LogP contribution in [0.25, 0.3) is 0 Å². The van der Waals surface area contributed by atoms with Gasteiger partial charge < -0.3 is 9.47 Å². The van der Waals surface area contributed by atoms with Gasteiger partial charge in [-0.15, -0.1) is 4.31 Å². The third kappa shape index (κ3) is 4.12. The second kappa shape index (κ2) is 7.67. The smallest absolute Gasteiger partial charge is 0.332 e. The van der Waals surface area contributed by atoms with Gasteiger partial charge in [-0.25, -0.2) is 13.2 Å². The predicted octanol–water partition coefficient (Wildman–Crippen LogP) is 2.55. The second-order valence-electron chi connectivity index (χ2n) is 7.70. The maximum absolute atomic E-state index is 13.3. The zero-order chi connectivity index (χ0) is 20.5. The van der Waals surface area contributed by atoms with E-state index in [1.807, 2.05) is 20.8 Å². The molecule has 2 aliphatic heterocycles. The molecule has 1 saturated heterocycles. The predicted molar refractivity (Wildman–Crippen MR) is 102 cm³/mol. The Bertz CT molecular complexity index is 890. The van der Waals surface area contributed by atoms with Gasteiger partial charge in [0.25, 0.3) is 0 Å². The number of piperidine rings is 1. The summed E-state index contributed by atoms with van der Waals surface area (Å²) in [6.45, 7) is 5.62. The molecule has 0 aliphatic carbocycles. The van der Waals surface area contributed by atoms with Gasteiger partial charge in [0.1, 0.15) is 6.10 Å². The van der Waals surface area contributed by atoms with Crippen LogP contribution >= 0.6 is 0 Å². The first-order chi connectivity index (χ1) is 13.1. The van der Waals surface area contributed by atoms with Crippen molar-refractivity contribution in [2.75, 3.05) is 6.54 Å². The molecule has 2 atom stereocenters.